The molecule has 2 aromatic rings. The third kappa shape index (κ3) is 1.03. The topological polar surface area (TPSA) is 17.3 Å². The molecule has 0 aliphatic rings. The van der Waals surface area contributed by atoms with E-state index in [0.29, 0.717) is 0 Å². The van der Waals surface area contributed by atoms with Crippen molar-refractivity contribution >= 4 is 28.1 Å². The van der Waals surface area contributed by atoms with Gasteiger partial charge < -0.3 is 0 Å². The number of pyridine rings is 1. The maximum Gasteiger partial charge on any atom is 0.100 e. The zero-order chi connectivity index (χ0) is 7.84. The van der Waals surface area contributed by atoms with Gasteiger partial charge in [0.1, 0.15) is 6.33 Å². The number of fused-ring (bicyclic) bond motifs is 1. The van der Waals surface area contributed by atoms with E-state index in [-0.39, 0.29) is 0 Å². The minimum absolute atomic E-state index is 1.15. The van der Waals surface area contributed by atoms with E-state index in [1.807, 2.05) is 12.5 Å². The summed E-state index contributed by atoms with van der Waals surface area (Å²) in [6.45, 7) is 2.10. The summed E-state index contributed by atoms with van der Waals surface area (Å²) >= 11 is 2.32. The van der Waals surface area contributed by atoms with Gasteiger partial charge in [-0.1, -0.05) is 6.07 Å². The molecule has 2 heterocycles. The molecule has 0 amide bonds. The van der Waals surface area contributed by atoms with Crippen LogP contribution >= 0.6 is 22.6 Å². The Morgan fingerprint density at radius 2 is 2.27 bits per heavy atom. The van der Waals surface area contributed by atoms with Gasteiger partial charge in [-0.05, 0) is 41.1 Å². The summed E-state index contributed by atoms with van der Waals surface area (Å²) in [5.41, 5.74) is 2.44. The summed E-state index contributed by atoms with van der Waals surface area (Å²) in [5.74, 6) is 0. The summed E-state index contributed by atoms with van der Waals surface area (Å²) in [4.78, 5) is 4.06. The Bertz CT molecular complexity index is 392. The van der Waals surface area contributed by atoms with Crippen LogP contribution in [0.25, 0.3) is 5.52 Å². The number of aromatic nitrogens is 2. The first-order valence-corrected chi connectivity index (χ1v) is 4.44. The number of imidazole rings is 1. The molecule has 0 bridgehead atoms. The lowest BCUT2D eigenvalue weighted by atomic mass is 10.3. The lowest BCUT2D eigenvalue weighted by Crippen LogP contribution is -1.91. The number of halogens is 1. The van der Waals surface area contributed by atoms with Crippen LogP contribution in [0.5, 0.6) is 0 Å². The molecular weight excluding hydrogens is 251 g/mol. The maximum atomic E-state index is 4.06. The van der Waals surface area contributed by atoms with Crippen molar-refractivity contribution in [1.82, 2.24) is 9.38 Å². The fraction of sp³-hybridized carbons (Fsp3) is 0.125. The van der Waals surface area contributed by atoms with E-state index >= 15 is 0 Å². The number of hydrogen-bond acceptors (Lipinski definition) is 1. The van der Waals surface area contributed by atoms with E-state index in [1.165, 1.54) is 9.26 Å². The number of aryl methyl sites for hydroxylation is 1. The molecule has 2 rings (SSSR count). The predicted octanol–water partition coefficient (Wildman–Crippen LogP) is 2.25. The van der Waals surface area contributed by atoms with E-state index < -0.39 is 0 Å². The van der Waals surface area contributed by atoms with Gasteiger partial charge in [0.15, 0.2) is 0 Å². The predicted molar refractivity (Wildman–Crippen MR) is 52.6 cm³/mol. The van der Waals surface area contributed by atoms with Crippen molar-refractivity contribution in [3.05, 3.63) is 33.9 Å². The Balaban J connectivity index is 2.93. The van der Waals surface area contributed by atoms with Gasteiger partial charge in [-0.2, -0.15) is 0 Å². The Labute approximate surface area is 78.4 Å². The molecule has 0 atom stereocenters. The SMILES string of the molecule is Cc1ccc2cncn2c1I. The summed E-state index contributed by atoms with van der Waals surface area (Å²) in [6, 6.07) is 4.18. The molecule has 3 heteroatoms. The summed E-state index contributed by atoms with van der Waals surface area (Å²) in [6.07, 6.45) is 3.70. The van der Waals surface area contributed by atoms with Crippen molar-refractivity contribution in [3.8, 4) is 0 Å². The third-order valence-electron chi connectivity index (χ3n) is 1.71. The van der Waals surface area contributed by atoms with Crippen LogP contribution in [0.15, 0.2) is 24.7 Å². The van der Waals surface area contributed by atoms with Crippen molar-refractivity contribution in [3.63, 3.8) is 0 Å². The minimum atomic E-state index is 1.15. The molecule has 0 saturated heterocycles. The smallest absolute Gasteiger partial charge is 0.100 e. The van der Waals surface area contributed by atoms with Crippen molar-refractivity contribution in [1.29, 1.82) is 0 Å². The quantitative estimate of drug-likeness (QED) is 0.523. The molecular formula is C8H7IN2. The molecule has 0 aliphatic carbocycles. The van der Waals surface area contributed by atoms with E-state index in [1.54, 1.807) is 0 Å². The van der Waals surface area contributed by atoms with Crippen LogP contribution in [-0.4, -0.2) is 9.38 Å². The minimum Gasteiger partial charge on any atom is -0.294 e. The van der Waals surface area contributed by atoms with Crippen LogP contribution in [0.3, 0.4) is 0 Å². The summed E-state index contributed by atoms with van der Waals surface area (Å²) < 4.78 is 3.31. The van der Waals surface area contributed by atoms with Crippen LogP contribution in [0.1, 0.15) is 5.56 Å². The van der Waals surface area contributed by atoms with Gasteiger partial charge >= 0.3 is 0 Å². The lowest BCUT2D eigenvalue weighted by molar-refractivity contribution is 1.09. The van der Waals surface area contributed by atoms with Crippen LogP contribution in [0, 0.1) is 10.6 Å². The molecule has 2 nitrogen and oxygen atoms in total. The molecule has 0 aliphatic heterocycles. The standard InChI is InChI=1S/C8H7IN2/c1-6-2-3-7-4-10-5-11(7)8(6)9/h2-5H,1H3. The Kier molecular flexibility index (Phi) is 1.60. The molecule has 0 radical (unpaired) electrons. The average molecular weight is 258 g/mol. The first-order chi connectivity index (χ1) is 5.29. The van der Waals surface area contributed by atoms with E-state index in [0.717, 1.165) is 5.52 Å². The molecule has 0 spiro atoms. The van der Waals surface area contributed by atoms with Gasteiger partial charge in [0.2, 0.25) is 0 Å². The second-order valence-corrected chi connectivity index (χ2v) is 3.52. The van der Waals surface area contributed by atoms with Crippen molar-refractivity contribution in [2.45, 2.75) is 6.92 Å². The van der Waals surface area contributed by atoms with Crippen molar-refractivity contribution in [2.24, 2.45) is 0 Å². The summed E-state index contributed by atoms with van der Waals surface area (Å²) in [7, 11) is 0. The molecule has 56 valence electrons. The van der Waals surface area contributed by atoms with Gasteiger partial charge in [-0.25, -0.2) is 4.98 Å². The molecule has 0 unspecified atom stereocenters. The number of rotatable bonds is 0. The number of nitrogens with zero attached hydrogens (tertiary/aromatic N) is 2. The van der Waals surface area contributed by atoms with E-state index in [9.17, 15) is 0 Å². The monoisotopic (exact) mass is 258 g/mol. The van der Waals surface area contributed by atoms with Crippen LogP contribution in [0.4, 0.5) is 0 Å². The molecule has 0 saturated carbocycles. The van der Waals surface area contributed by atoms with Crippen LogP contribution in [0.2, 0.25) is 0 Å². The highest BCUT2D eigenvalue weighted by Crippen LogP contribution is 2.13. The van der Waals surface area contributed by atoms with Gasteiger partial charge in [0.05, 0.1) is 15.4 Å². The third-order valence-corrected chi connectivity index (χ3v) is 3.08. The first kappa shape index (κ1) is 7.09. The summed E-state index contributed by atoms with van der Waals surface area (Å²) in [5, 5.41) is 0. The highest BCUT2D eigenvalue weighted by atomic mass is 127. The maximum absolute atomic E-state index is 4.06. The highest BCUT2D eigenvalue weighted by Gasteiger charge is 1.98. The fourth-order valence-corrected chi connectivity index (χ4v) is 1.64. The number of hydrogen-bond donors (Lipinski definition) is 0. The van der Waals surface area contributed by atoms with Crippen LogP contribution < -0.4 is 0 Å². The fourth-order valence-electron chi connectivity index (χ4n) is 1.06. The molecule has 0 aromatic carbocycles. The molecule has 0 fully saturated rings. The average Bonchev–Trinajstić information content (AvgIpc) is 2.45. The molecule has 0 N–H and O–H groups in total. The van der Waals surface area contributed by atoms with Crippen molar-refractivity contribution in [2.75, 3.05) is 0 Å². The van der Waals surface area contributed by atoms with E-state index in [4.69, 9.17) is 0 Å². The van der Waals surface area contributed by atoms with Crippen molar-refractivity contribution < 1.29 is 0 Å². The Morgan fingerprint density at radius 3 is 3.09 bits per heavy atom. The zero-order valence-electron chi connectivity index (χ0n) is 6.08. The largest absolute Gasteiger partial charge is 0.294 e. The Morgan fingerprint density at radius 1 is 1.45 bits per heavy atom. The van der Waals surface area contributed by atoms with Crippen LogP contribution in [-0.2, 0) is 0 Å². The van der Waals surface area contributed by atoms with E-state index in [2.05, 4.69) is 51.0 Å². The van der Waals surface area contributed by atoms with Gasteiger partial charge in [-0.15, -0.1) is 0 Å². The second-order valence-electron chi connectivity index (χ2n) is 2.50. The first-order valence-electron chi connectivity index (χ1n) is 3.36. The highest BCUT2D eigenvalue weighted by molar-refractivity contribution is 14.1. The zero-order valence-corrected chi connectivity index (χ0v) is 8.24. The normalized spacial score (nSPS) is 10.7. The van der Waals surface area contributed by atoms with Gasteiger partial charge in [-0.3, -0.25) is 4.40 Å². The second kappa shape index (κ2) is 2.48. The molecule has 11 heavy (non-hydrogen) atoms. The van der Waals surface area contributed by atoms with Gasteiger partial charge in [0, 0.05) is 0 Å². The molecule has 2 aromatic heterocycles. The Hall–Kier alpha value is -0.580. The lowest BCUT2D eigenvalue weighted by Gasteiger charge is -2.00. The van der Waals surface area contributed by atoms with Gasteiger partial charge in [0.25, 0.3) is 0 Å².